The van der Waals surface area contributed by atoms with Crippen molar-refractivity contribution in [2.45, 2.75) is 6.92 Å². The number of rotatable bonds is 1. The Kier molecular flexibility index (Phi) is 1.57. The summed E-state index contributed by atoms with van der Waals surface area (Å²) in [7, 11) is 0. The van der Waals surface area contributed by atoms with Crippen molar-refractivity contribution in [3.05, 3.63) is 40.4 Å². The molecule has 0 aliphatic heterocycles. The molecule has 0 unspecified atom stereocenters. The maximum atomic E-state index is 12.4. The Bertz CT molecular complexity index is 826. The fraction of sp³-hybridized carbons (Fsp3) is 0.100. The first kappa shape index (κ1) is 7.66. The van der Waals surface area contributed by atoms with Gasteiger partial charge in [0, 0.05) is 12.4 Å². The molecule has 0 aliphatic rings. The molecular weight excluding hydrogens is 220 g/mol. The molecule has 3 aromatic heterocycles. The Morgan fingerprint density at radius 2 is 2.41 bits per heavy atom. The summed E-state index contributed by atoms with van der Waals surface area (Å²) < 4.78 is 16.7. The third-order valence-corrected chi connectivity index (χ3v) is 2.36. The van der Waals surface area contributed by atoms with Crippen molar-refractivity contribution in [3.63, 3.8) is 0 Å². The lowest BCUT2D eigenvalue weighted by atomic mass is 10.2. The summed E-state index contributed by atoms with van der Waals surface area (Å²) in [5, 5.41) is 13.0. The van der Waals surface area contributed by atoms with Gasteiger partial charge in [0.25, 0.3) is 5.56 Å². The minimum absolute atomic E-state index is 0.0185. The number of pyridine rings is 1. The van der Waals surface area contributed by atoms with Crippen molar-refractivity contribution in [3.8, 4) is 11.4 Å². The summed E-state index contributed by atoms with van der Waals surface area (Å²) in [5.41, 5.74) is 0.459. The van der Waals surface area contributed by atoms with E-state index in [1.54, 1.807) is 13.0 Å². The Labute approximate surface area is 97.9 Å². The number of aromatic nitrogens is 6. The zero-order valence-corrected chi connectivity index (χ0v) is 8.80. The van der Waals surface area contributed by atoms with Crippen molar-refractivity contribution in [2.75, 3.05) is 0 Å². The molecule has 0 atom stereocenters. The van der Waals surface area contributed by atoms with Gasteiger partial charge in [-0.05, 0) is 23.7 Å². The number of H-pyrrole nitrogens is 1. The summed E-state index contributed by atoms with van der Waals surface area (Å²) in [6, 6.07) is 1.76. The predicted octanol–water partition coefficient (Wildman–Crippen LogP) is 0.183. The molecule has 0 saturated carbocycles. The number of tetrazole rings is 1. The van der Waals surface area contributed by atoms with Crippen LogP contribution in [0.5, 0.6) is 0 Å². The molecule has 0 spiro atoms. The maximum absolute atomic E-state index is 12.4. The quantitative estimate of drug-likeness (QED) is 0.644. The fourth-order valence-corrected chi connectivity index (χ4v) is 1.54. The molecule has 3 rings (SSSR count). The smallest absolute Gasteiger partial charge is 0.268 e. The molecule has 3 aromatic rings. The third-order valence-electron chi connectivity index (χ3n) is 2.36. The largest absolute Gasteiger partial charge is 0.269 e. The van der Waals surface area contributed by atoms with E-state index in [0.717, 1.165) is 0 Å². The number of nitrogens with zero attached hydrogens (tertiary/aromatic N) is 5. The van der Waals surface area contributed by atoms with Crippen LogP contribution in [0.4, 0.5) is 0 Å². The monoisotopic (exact) mass is 230 g/mol. The number of hydrogen-bond donors (Lipinski definition) is 1. The van der Waals surface area contributed by atoms with E-state index in [1.807, 2.05) is 0 Å². The predicted molar refractivity (Wildman–Crippen MR) is 59.4 cm³/mol. The Morgan fingerprint density at radius 1 is 1.53 bits per heavy atom. The molecule has 0 aromatic carbocycles. The number of aromatic amines is 1. The molecule has 0 saturated heterocycles. The SMILES string of the molecule is [2H]c1cc(C)c2nc([2H])c(-c3nn[nH]n3)c(=O)n2c1. The van der Waals surface area contributed by atoms with Crippen LogP contribution >= 0.6 is 0 Å². The van der Waals surface area contributed by atoms with Crippen LogP contribution in [-0.2, 0) is 0 Å². The Morgan fingerprint density at radius 3 is 3.18 bits per heavy atom. The zero-order valence-electron chi connectivity index (χ0n) is 10.8. The van der Waals surface area contributed by atoms with Crippen LogP contribution in [0.25, 0.3) is 17.0 Å². The molecule has 3 heterocycles. The fourth-order valence-electron chi connectivity index (χ4n) is 1.54. The van der Waals surface area contributed by atoms with Crippen LogP contribution < -0.4 is 5.56 Å². The highest BCUT2D eigenvalue weighted by Crippen LogP contribution is 2.09. The third kappa shape index (κ3) is 1.40. The average molecular weight is 230 g/mol. The van der Waals surface area contributed by atoms with Gasteiger partial charge in [0.05, 0.1) is 2.74 Å². The molecule has 7 nitrogen and oxygen atoms in total. The Balaban J connectivity index is 2.47. The van der Waals surface area contributed by atoms with E-state index in [4.69, 9.17) is 2.74 Å². The van der Waals surface area contributed by atoms with Gasteiger partial charge < -0.3 is 0 Å². The molecule has 0 fully saturated rings. The first-order chi connectivity index (χ1) is 9.08. The van der Waals surface area contributed by atoms with E-state index in [-0.39, 0.29) is 23.6 Å². The summed E-state index contributed by atoms with van der Waals surface area (Å²) >= 11 is 0. The number of nitrogens with one attached hydrogen (secondary N) is 1. The van der Waals surface area contributed by atoms with Crippen LogP contribution in [0.3, 0.4) is 0 Å². The van der Waals surface area contributed by atoms with E-state index in [1.165, 1.54) is 10.6 Å². The number of hydrogen-bond acceptors (Lipinski definition) is 5. The minimum atomic E-state index is -0.492. The first-order valence-corrected chi connectivity index (χ1v) is 4.82. The van der Waals surface area contributed by atoms with Crippen LogP contribution in [0.15, 0.2) is 29.3 Å². The molecule has 0 bridgehead atoms. The number of fused-ring (bicyclic) bond motifs is 1. The average Bonchev–Trinajstić information content (AvgIpc) is 2.85. The van der Waals surface area contributed by atoms with Crippen LogP contribution in [0.1, 0.15) is 8.30 Å². The second-order valence-corrected chi connectivity index (χ2v) is 3.46. The van der Waals surface area contributed by atoms with Crippen LogP contribution in [0.2, 0.25) is 0 Å². The van der Waals surface area contributed by atoms with Gasteiger partial charge in [0.15, 0.2) is 0 Å². The molecule has 17 heavy (non-hydrogen) atoms. The van der Waals surface area contributed by atoms with Crippen molar-refractivity contribution in [1.29, 1.82) is 0 Å². The highest BCUT2D eigenvalue weighted by molar-refractivity contribution is 5.55. The second-order valence-electron chi connectivity index (χ2n) is 3.46. The lowest BCUT2D eigenvalue weighted by Gasteiger charge is -2.03. The van der Waals surface area contributed by atoms with E-state index in [0.29, 0.717) is 11.2 Å². The van der Waals surface area contributed by atoms with E-state index < -0.39 is 5.56 Å². The molecular formula is C10H8N6O. The van der Waals surface area contributed by atoms with Crippen LogP contribution in [0, 0.1) is 6.92 Å². The summed E-state index contributed by atoms with van der Waals surface area (Å²) in [6.07, 6.45) is 1.13. The second kappa shape index (κ2) is 3.48. The van der Waals surface area contributed by atoms with Gasteiger partial charge in [-0.3, -0.25) is 9.20 Å². The number of aryl methyl sites for hydroxylation is 1. The van der Waals surface area contributed by atoms with E-state index in [9.17, 15) is 4.79 Å². The van der Waals surface area contributed by atoms with Crippen molar-refractivity contribution >= 4 is 5.65 Å². The lowest BCUT2D eigenvalue weighted by molar-refractivity contribution is 0.881. The molecule has 84 valence electrons. The zero-order chi connectivity index (χ0) is 13.6. The van der Waals surface area contributed by atoms with Gasteiger partial charge >= 0.3 is 0 Å². The summed E-state index contributed by atoms with van der Waals surface area (Å²) in [5.74, 6) is 0.0185. The van der Waals surface area contributed by atoms with Crippen LogP contribution in [-0.4, -0.2) is 30.0 Å². The van der Waals surface area contributed by atoms with Crippen molar-refractivity contribution in [1.82, 2.24) is 30.0 Å². The minimum Gasteiger partial charge on any atom is -0.268 e. The molecule has 0 radical (unpaired) electrons. The topological polar surface area (TPSA) is 88.8 Å². The van der Waals surface area contributed by atoms with E-state index in [2.05, 4.69) is 25.6 Å². The van der Waals surface area contributed by atoms with Gasteiger partial charge in [0.2, 0.25) is 5.82 Å². The van der Waals surface area contributed by atoms with Crippen molar-refractivity contribution in [2.24, 2.45) is 0 Å². The molecule has 7 heteroatoms. The summed E-state index contributed by atoms with van der Waals surface area (Å²) in [6.45, 7) is 1.73. The van der Waals surface area contributed by atoms with Crippen molar-refractivity contribution < 1.29 is 2.74 Å². The maximum Gasteiger partial charge on any atom is 0.269 e. The first-order valence-electron chi connectivity index (χ1n) is 5.82. The molecule has 0 amide bonds. The van der Waals surface area contributed by atoms with Gasteiger partial charge in [-0.25, -0.2) is 4.98 Å². The molecule has 1 N–H and O–H groups in total. The van der Waals surface area contributed by atoms with Gasteiger partial charge in [-0.2, -0.15) is 5.21 Å². The standard InChI is InChI=1S/C10H8N6O/c1-6-3-2-4-16-9(6)11-5-7(10(16)17)8-12-14-15-13-8/h2-5H,1H3,(H,12,13,14,15)/i2D,5D. The summed E-state index contributed by atoms with van der Waals surface area (Å²) in [4.78, 5) is 16.4. The Hall–Kier alpha value is -2.57. The highest BCUT2D eigenvalue weighted by Gasteiger charge is 2.11. The van der Waals surface area contributed by atoms with Gasteiger partial charge in [-0.15, -0.1) is 10.2 Å². The molecule has 0 aliphatic carbocycles. The van der Waals surface area contributed by atoms with Gasteiger partial charge in [0.1, 0.15) is 11.2 Å². The highest BCUT2D eigenvalue weighted by atomic mass is 16.1. The van der Waals surface area contributed by atoms with Gasteiger partial charge in [-0.1, -0.05) is 6.07 Å². The lowest BCUT2D eigenvalue weighted by Crippen LogP contribution is -2.17. The van der Waals surface area contributed by atoms with E-state index >= 15 is 0 Å². The normalized spacial score (nSPS) is 12.5.